The number of amides is 2. The first-order chi connectivity index (χ1) is 16.8. The van der Waals surface area contributed by atoms with E-state index in [1.54, 1.807) is 26.0 Å². The smallest absolute Gasteiger partial charge is 0.279 e. The molecular weight excluding hydrogens is 466 g/mol. The first-order valence-corrected chi connectivity index (χ1v) is 13.1. The summed E-state index contributed by atoms with van der Waals surface area (Å²) in [6.07, 6.45) is 1.79. The molecule has 0 aromatic heterocycles. The van der Waals surface area contributed by atoms with Crippen molar-refractivity contribution >= 4 is 32.6 Å². The molecule has 8 nitrogen and oxygen atoms in total. The third-order valence-corrected chi connectivity index (χ3v) is 8.13. The topological polar surface area (TPSA) is 105 Å². The van der Waals surface area contributed by atoms with Crippen molar-refractivity contribution in [1.29, 1.82) is 0 Å². The number of nitrogens with zero attached hydrogens (tertiary/aromatic N) is 1. The molecule has 9 heteroatoms. The quantitative estimate of drug-likeness (QED) is 0.509. The largest absolute Gasteiger partial charge is 0.481 e. The normalized spacial score (nSPS) is 15.4. The van der Waals surface area contributed by atoms with Crippen LogP contribution in [0.2, 0.25) is 0 Å². The van der Waals surface area contributed by atoms with Gasteiger partial charge in [0.15, 0.2) is 6.10 Å². The molecule has 4 rings (SSSR count). The van der Waals surface area contributed by atoms with Gasteiger partial charge in [0.05, 0.1) is 4.90 Å². The van der Waals surface area contributed by atoms with Crippen molar-refractivity contribution in [1.82, 2.24) is 15.2 Å². The van der Waals surface area contributed by atoms with Gasteiger partial charge in [-0.1, -0.05) is 42.8 Å². The minimum absolute atomic E-state index is 0.103. The average Bonchev–Trinajstić information content (AvgIpc) is 2.87. The van der Waals surface area contributed by atoms with Gasteiger partial charge in [-0.2, -0.15) is 4.31 Å². The maximum absolute atomic E-state index is 13.1. The Morgan fingerprint density at radius 2 is 1.63 bits per heavy atom. The van der Waals surface area contributed by atoms with Gasteiger partial charge in [-0.3, -0.25) is 20.4 Å². The zero-order chi connectivity index (χ0) is 25.0. The number of nitrogens with one attached hydrogen (secondary N) is 2. The van der Waals surface area contributed by atoms with E-state index in [9.17, 15) is 18.0 Å². The molecule has 0 radical (unpaired) electrons. The molecule has 1 fully saturated rings. The number of carbonyl (C=O) groups is 2. The number of hydrogen-bond acceptors (Lipinski definition) is 5. The van der Waals surface area contributed by atoms with Crippen LogP contribution in [-0.2, 0) is 14.8 Å². The van der Waals surface area contributed by atoms with Crippen molar-refractivity contribution in [3.63, 3.8) is 0 Å². The molecule has 1 aliphatic heterocycles. The third kappa shape index (κ3) is 5.63. The molecule has 1 heterocycles. The second kappa shape index (κ2) is 10.5. The SMILES string of the molecule is Cc1ccc(C(=O)NNC(=O)C(C)Oc2ccc3ccccc3c2)cc1S(=O)(=O)N1CCCCC1. The van der Waals surface area contributed by atoms with Gasteiger partial charge in [0.1, 0.15) is 5.75 Å². The number of piperidine rings is 1. The van der Waals surface area contributed by atoms with E-state index in [0.717, 1.165) is 30.0 Å². The Balaban J connectivity index is 1.39. The molecule has 1 unspecified atom stereocenters. The van der Waals surface area contributed by atoms with Crippen LogP contribution in [0.25, 0.3) is 10.8 Å². The molecule has 3 aromatic rings. The van der Waals surface area contributed by atoms with Crippen LogP contribution >= 0.6 is 0 Å². The van der Waals surface area contributed by atoms with Crippen molar-refractivity contribution in [3.05, 3.63) is 71.8 Å². The van der Waals surface area contributed by atoms with Crippen LogP contribution in [0.3, 0.4) is 0 Å². The Bertz CT molecular complexity index is 1350. The maximum atomic E-state index is 13.1. The lowest BCUT2D eigenvalue weighted by Gasteiger charge is -2.26. The number of benzene rings is 3. The Morgan fingerprint density at radius 1 is 0.914 bits per heavy atom. The summed E-state index contributed by atoms with van der Waals surface area (Å²) in [5, 5.41) is 2.05. The fourth-order valence-corrected chi connectivity index (χ4v) is 5.82. The highest BCUT2D eigenvalue weighted by molar-refractivity contribution is 7.89. The van der Waals surface area contributed by atoms with Gasteiger partial charge in [0.2, 0.25) is 10.0 Å². The van der Waals surface area contributed by atoms with Crippen LogP contribution in [0.1, 0.15) is 42.1 Å². The second-order valence-electron chi connectivity index (χ2n) is 8.66. The van der Waals surface area contributed by atoms with Crippen molar-refractivity contribution in [2.45, 2.75) is 44.1 Å². The third-order valence-electron chi connectivity index (χ3n) is 6.09. The summed E-state index contributed by atoms with van der Waals surface area (Å²) in [5.74, 6) is -0.630. The molecule has 0 saturated carbocycles. The van der Waals surface area contributed by atoms with Crippen molar-refractivity contribution < 1.29 is 22.7 Å². The van der Waals surface area contributed by atoms with Crippen LogP contribution < -0.4 is 15.6 Å². The predicted molar refractivity (Wildman–Crippen MR) is 133 cm³/mol. The fourth-order valence-electron chi connectivity index (χ4n) is 4.05. The van der Waals surface area contributed by atoms with E-state index in [1.807, 2.05) is 36.4 Å². The number of sulfonamides is 1. The summed E-state index contributed by atoms with van der Waals surface area (Å²) in [5.41, 5.74) is 5.39. The van der Waals surface area contributed by atoms with E-state index >= 15 is 0 Å². The van der Waals surface area contributed by atoms with Gasteiger partial charge in [-0.25, -0.2) is 8.42 Å². The van der Waals surface area contributed by atoms with Gasteiger partial charge >= 0.3 is 0 Å². The van der Waals surface area contributed by atoms with E-state index in [0.29, 0.717) is 24.4 Å². The molecule has 0 aliphatic carbocycles. The number of hydrazine groups is 1. The van der Waals surface area contributed by atoms with Gasteiger partial charge < -0.3 is 4.74 Å². The van der Waals surface area contributed by atoms with Crippen molar-refractivity contribution in [3.8, 4) is 5.75 Å². The lowest BCUT2D eigenvalue weighted by molar-refractivity contribution is -0.128. The van der Waals surface area contributed by atoms with Gasteiger partial charge in [-0.05, 0) is 67.3 Å². The number of carbonyl (C=O) groups excluding carboxylic acids is 2. The summed E-state index contributed by atoms with van der Waals surface area (Å²) in [7, 11) is -3.70. The molecule has 2 amide bonds. The van der Waals surface area contributed by atoms with Crippen LogP contribution in [0.15, 0.2) is 65.6 Å². The average molecular weight is 496 g/mol. The Kier molecular flexibility index (Phi) is 7.37. The van der Waals surface area contributed by atoms with E-state index in [1.165, 1.54) is 16.4 Å². The highest BCUT2D eigenvalue weighted by atomic mass is 32.2. The highest BCUT2D eigenvalue weighted by Gasteiger charge is 2.28. The standard InChI is InChI=1S/C26H29N3O5S/c1-18-10-11-22(17-24(18)35(32,33)29-14-6-3-7-15-29)26(31)28-27-25(30)19(2)34-23-13-12-20-8-4-5-9-21(20)16-23/h4-5,8-13,16-17,19H,3,6-7,14-15H2,1-2H3,(H,27,30)(H,28,31). The van der Waals surface area contributed by atoms with Crippen LogP contribution in [0.5, 0.6) is 5.75 Å². The van der Waals surface area contributed by atoms with E-state index in [-0.39, 0.29) is 10.5 Å². The molecule has 1 atom stereocenters. The van der Waals surface area contributed by atoms with E-state index < -0.39 is 27.9 Å². The van der Waals surface area contributed by atoms with Crippen LogP contribution in [-0.4, -0.2) is 43.7 Å². The minimum Gasteiger partial charge on any atom is -0.481 e. The predicted octanol–water partition coefficient (Wildman–Crippen LogP) is 3.55. The van der Waals surface area contributed by atoms with Crippen molar-refractivity contribution in [2.75, 3.05) is 13.1 Å². The van der Waals surface area contributed by atoms with Gasteiger partial charge in [-0.15, -0.1) is 0 Å². The molecule has 2 N–H and O–H groups in total. The van der Waals surface area contributed by atoms with Gasteiger partial charge in [0, 0.05) is 18.7 Å². The van der Waals surface area contributed by atoms with E-state index in [4.69, 9.17) is 4.74 Å². The fraction of sp³-hybridized carbons (Fsp3) is 0.308. The highest BCUT2D eigenvalue weighted by Crippen LogP contribution is 2.24. The molecule has 0 bridgehead atoms. The summed E-state index contributed by atoms with van der Waals surface area (Å²) in [6, 6.07) is 17.8. The lowest BCUT2D eigenvalue weighted by atomic mass is 10.1. The molecule has 184 valence electrons. The summed E-state index contributed by atoms with van der Waals surface area (Å²) in [4.78, 5) is 25.3. The first-order valence-electron chi connectivity index (χ1n) is 11.6. The number of ether oxygens (including phenoxy) is 1. The Hall–Kier alpha value is -3.43. The molecule has 0 spiro atoms. The first kappa shape index (κ1) is 24.7. The summed E-state index contributed by atoms with van der Waals surface area (Å²) >= 11 is 0. The molecule has 1 saturated heterocycles. The number of rotatable bonds is 6. The summed E-state index contributed by atoms with van der Waals surface area (Å²) in [6.45, 7) is 4.23. The molecule has 35 heavy (non-hydrogen) atoms. The number of aryl methyl sites for hydroxylation is 1. The Morgan fingerprint density at radius 3 is 2.37 bits per heavy atom. The van der Waals surface area contributed by atoms with Crippen LogP contribution in [0.4, 0.5) is 0 Å². The lowest BCUT2D eigenvalue weighted by Crippen LogP contribution is -2.47. The molecular formula is C26H29N3O5S. The molecule has 1 aliphatic rings. The van der Waals surface area contributed by atoms with Gasteiger partial charge in [0.25, 0.3) is 11.8 Å². The second-order valence-corrected chi connectivity index (χ2v) is 10.6. The summed E-state index contributed by atoms with van der Waals surface area (Å²) < 4.78 is 33.4. The molecule has 3 aromatic carbocycles. The maximum Gasteiger partial charge on any atom is 0.279 e. The van der Waals surface area contributed by atoms with Crippen molar-refractivity contribution in [2.24, 2.45) is 0 Å². The zero-order valence-electron chi connectivity index (χ0n) is 19.8. The number of fused-ring (bicyclic) bond motifs is 1. The van der Waals surface area contributed by atoms with Crippen LogP contribution in [0, 0.1) is 6.92 Å². The Labute approximate surface area is 205 Å². The zero-order valence-corrected chi connectivity index (χ0v) is 20.6. The minimum atomic E-state index is -3.70. The monoisotopic (exact) mass is 495 g/mol. The number of hydrogen-bond donors (Lipinski definition) is 2. The van der Waals surface area contributed by atoms with E-state index in [2.05, 4.69) is 10.9 Å².